The number of unbranched alkanes of at least 4 members (excludes halogenated alkanes) is 1. The van der Waals surface area contributed by atoms with Crippen molar-refractivity contribution in [1.29, 1.82) is 0 Å². The van der Waals surface area contributed by atoms with E-state index in [-0.39, 0.29) is 5.91 Å². The Morgan fingerprint density at radius 3 is 2.50 bits per heavy atom. The van der Waals surface area contributed by atoms with Crippen molar-refractivity contribution in [2.45, 2.75) is 32.6 Å². The Morgan fingerprint density at radius 1 is 0.971 bits per heavy atom. The van der Waals surface area contributed by atoms with Crippen LogP contribution in [0, 0.1) is 0 Å². The molecule has 1 heterocycles. The van der Waals surface area contributed by atoms with Crippen molar-refractivity contribution in [2.75, 3.05) is 13.7 Å². The van der Waals surface area contributed by atoms with E-state index in [2.05, 4.69) is 34.7 Å². The van der Waals surface area contributed by atoms with Crippen molar-refractivity contribution in [3.05, 3.63) is 95.8 Å². The van der Waals surface area contributed by atoms with Crippen LogP contribution in [0.1, 0.15) is 41.5 Å². The quantitative estimate of drug-likeness (QED) is 0.332. The monoisotopic (exact) mass is 454 g/mol. The Balaban J connectivity index is 1.44. The predicted octanol–water partition coefficient (Wildman–Crippen LogP) is 5.26. The summed E-state index contributed by atoms with van der Waals surface area (Å²) in [6.45, 7) is 2.68. The van der Waals surface area contributed by atoms with Gasteiger partial charge in [0, 0.05) is 24.1 Å². The lowest BCUT2D eigenvalue weighted by molar-refractivity contribution is 0.0953. The summed E-state index contributed by atoms with van der Waals surface area (Å²) < 4.78 is 7.09. The topological polar surface area (TPSA) is 69.0 Å². The van der Waals surface area contributed by atoms with Crippen molar-refractivity contribution < 1.29 is 9.53 Å². The summed E-state index contributed by atoms with van der Waals surface area (Å²) in [6.07, 6.45) is 3.72. The highest BCUT2D eigenvalue weighted by Crippen LogP contribution is 2.24. The first-order chi connectivity index (χ1) is 16.7. The highest BCUT2D eigenvalue weighted by Gasteiger charge is 2.15. The molecular weight excluding hydrogens is 424 g/mol. The second-order valence-electron chi connectivity index (χ2n) is 8.09. The fourth-order valence-corrected chi connectivity index (χ4v) is 3.80. The van der Waals surface area contributed by atoms with Crippen LogP contribution in [0.15, 0.2) is 78.9 Å². The number of ether oxygens (including phenoxy) is 1. The van der Waals surface area contributed by atoms with Crippen molar-refractivity contribution >= 4 is 5.91 Å². The molecule has 1 aromatic heterocycles. The first-order valence-electron chi connectivity index (χ1n) is 11.7. The van der Waals surface area contributed by atoms with Crippen LogP contribution in [-0.2, 0) is 12.8 Å². The van der Waals surface area contributed by atoms with Crippen LogP contribution in [0.3, 0.4) is 0 Å². The number of carbonyl (C=O) groups excluding carboxylic acids is 1. The molecule has 4 aromatic rings. The van der Waals surface area contributed by atoms with Crippen LogP contribution in [0.2, 0.25) is 0 Å². The molecule has 0 radical (unpaired) electrons. The molecule has 3 aromatic carbocycles. The molecule has 0 aliphatic rings. The van der Waals surface area contributed by atoms with E-state index in [1.807, 2.05) is 66.2 Å². The molecule has 0 aliphatic heterocycles. The molecule has 1 amide bonds. The fourth-order valence-electron chi connectivity index (χ4n) is 3.80. The summed E-state index contributed by atoms with van der Waals surface area (Å²) in [7, 11) is 1.64. The molecule has 0 saturated heterocycles. The maximum Gasteiger partial charge on any atom is 0.251 e. The average molecular weight is 455 g/mol. The number of nitrogens with zero attached hydrogens (tertiary/aromatic N) is 3. The predicted molar refractivity (Wildman–Crippen MR) is 134 cm³/mol. The van der Waals surface area contributed by atoms with Crippen molar-refractivity contribution in [3.8, 4) is 22.8 Å². The zero-order valence-corrected chi connectivity index (χ0v) is 19.7. The molecule has 6 heteroatoms. The molecule has 0 atom stereocenters. The minimum Gasteiger partial charge on any atom is -0.497 e. The molecule has 0 saturated carbocycles. The van der Waals surface area contributed by atoms with Gasteiger partial charge in [-0.1, -0.05) is 49.4 Å². The number of nitrogens with one attached hydrogen (secondary N) is 1. The molecule has 4 rings (SSSR count). The number of hydrogen-bond donors (Lipinski definition) is 1. The van der Waals surface area contributed by atoms with Crippen LogP contribution in [0.25, 0.3) is 17.1 Å². The Labute approximate surface area is 200 Å². The van der Waals surface area contributed by atoms with E-state index in [0.29, 0.717) is 17.9 Å². The fraction of sp³-hybridized carbons (Fsp3) is 0.250. The second-order valence-corrected chi connectivity index (χ2v) is 8.09. The third-order valence-electron chi connectivity index (χ3n) is 5.69. The smallest absolute Gasteiger partial charge is 0.251 e. The molecule has 6 nitrogen and oxygen atoms in total. The van der Waals surface area contributed by atoms with Crippen LogP contribution in [0.4, 0.5) is 0 Å². The highest BCUT2D eigenvalue weighted by atomic mass is 16.5. The number of carbonyl (C=O) groups is 1. The zero-order chi connectivity index (χ0) is 23.8. The van der Waals surface area contributed by atoms with Crippen LogP contribution in [-0.4, -0.2) is 34.3 Å². The van der Waals surface area contributed by atoms with E-state index in [0.717, 1.165) is 48.5 Å². The average Bonchev–Trinajstić information content (AvgIpc) is 3.34. The van der Waals surface area contributed by atoms with Gasteiger partial charge in [-0.05, 0) is 61.2 Å². The molecule has 34 heavy (non-hydrogen) atoms. The molecule has 174 valence electrons. The van der Waals surface area contributed by atoms with E-state index < -0.39 is 0 Å². The summed E-state index contributed by atoms with van der Waals surface area (Å²) in [4.78, 5) is 17.5. The lowest BCUT2D eigenvalue weighted by atomic mass is 10.1. The lowest BCUT2D eigenvalue weighted by Gasteiger charge is -2.09. The standard InChI is InChI=1S/C28H30N4O2/c1-3-26-30-27(32(31-26)24-15-17-25(34-2)18-16-24)22-13-9-14-23(20-22)28(33)29-19-8-7-12-21-10-5-4-6-11-21/h4-6,9-11,13-18,20H,3,7-8,12,19H2,1-2H3,(H,29,33). The van der Waals surface area contributed by atoms with Gasteiger partial charge in [-0.2, -0.15) is 5.10 Å². The Morgan fingerprint density at radius 2 is 1.76 bits per heavy atom. The largest absolute Gasteiger partial charge is 0.497 e. The SMILES string of the molecule is CCc1nc(-c2cccc(C(=O)NCCCCc3ccccc3)c2)n(-c2ccc(OC)cc2)n1. The summed E-state index contributed by atoms with van der Waals surface area (Å²) in [5, 5.41) is 7.71. The van der Waals surface area contributed by atoms with Gasteiger partial charge in [0.15, 0.2) is 11.6 Å². The van der Waals surface area contributed by atoms with E-state index in [4.69, 9.17) is 9.72 Å². The van der Waals surface area contributed by atoms with Crippen molar-refractivity contribution in [3.63, 3.8) is 0 Å². The molecule has 0 unspecified atom stereocenters. The van der Waals surface area contributed by atoms with Crippen LogP contribution < -0.4 is 10.1 Å². The summed E-state index contributed by atoms with van der Waals surface area (Å²) in [6, 6.07) is 25.7. The third-order valence-corrected chi connectivity index (χ3v) is 5.69. The molecule has 0 bridgehead atoms. The number of methoxy groups -OCH3 is 1. The van der Waals surface area contributed by atoms with Gasteiger partial charge >= 0.3 is 0 Å². The highest BCUT2D eigenvalue weighted by molar-refractivity contribution is 5.95. The summed E-state index contributed by atoms with van der Waals surface area (Å²) >= 11 is 0. The molecule has 1 N–H and O–H groups in total. The lowest BCUT2D eigenvalue weighted by Crippen LogP contribution is -2.24. The number of amides is 1. The second kappa shape index (κ2) is 11.3. The summed E-state index contributed by atoms with van der Waals surface area (Å²) in [5.74, 6) is 2.16. The number of aromatic nitrogens is 3. The van der Waals surface area contributed by atoms with Crippen molar-refractivity contribution in [1.82, 2.24) is 20.1 Å². The number of hydrogen-bond acceptors (Lipinski definition) is 4. The van der Waals surface area contributed by atoms with Crippen LogP contribution >= 0.6 is 0 Å². The van der Waals surface area contributed by atoms with E-state index in [1.54, 1.807) is 7.11 Å². The van der Waals surface area contributed by atoms with E-state index in [1.165, 1.54) is 5.56 Å². The number of benzene rings is 3. The van der Waals surface area contributed by atoms with Gasteiger partial charge in [0.05, 0.1) is 12.8 Å². The van der Waals surface area contributed by atoms with Crippen molar-refractivity contribution in [2.24, 2.45) is 0 Å². The summed E-state index contributed by atoms with van der Waals surface area (Å²) in [5.41, 5.74) is 3.67. The van der Waals surface area contributed by atoms with Crippen LogP contribution in [0.5, 0.6) is 5.75 Å². The number of aryl methyl sites for hydroxylation is 2. The van der Waals surface area contributed by atoms with Gasteiger partial charge in [-0.15, -0.1) is 0 Å². The number of rotatable bonds is 10. The maximum atomic E-state index is 12.8. The molecule has 0 aliphatic carbocycles. The van der Waals surface area contributed by atoms with Gasteiger partial charge in [0.25, 0.3) is 5.91 Å². The molecule has 0 spiro atoms. The molecular formula is C28H30N4O2. The van der Waals surface area contributed by atoms with E-state index in [9.17, 15) is 4.79 Å². The third kappa shape index (κ3) is 5.70. The minimum atomic E-state index is -0.0761. The molecule has 0 fully saturated rings. The van der Waals surface area contributed by atoms with Gasteiger partial charge in [-0.3, -0.25) is 4.79 Å². The first-order valence-corrected chi connectivity index (χ1v) is 11.7. The maximum absolute atomic E-state index is 12.8. The Kier molecular flexibility index (Phi) is 7.71. The Bertz CT molecular complexity index is 1220. The normalized spacial score (nSPS) is 10.8. The van der Waals surface area contributed by atoms with E-state index >= 15 is 0 Å². The van der Waals surface area contributed by atoms with Gasteiger partial charge in [0.1, 0.15) is 5.75 Å². The Hall–Kier alpha value is -3.93. The van der Waals surface area contributed by atoms with Gasteiger partial charge < -0.3 is 10.1 Å². The first kappa shape index (κ1) is 23.2. The minimum absolute atomic E-state index is 0.0761. The van der Waals surface area contributed by atoms with Gasteiger partial charge in [0.2, 0.25) is 0 Å². The zero-order valence-electron chi connectivity index (χ0n) is 19.7. The van der Waals surface area contributed by atoms with Gasteiger partial charge in [-0.25, -0.2) is 9.67 Å².